The third kappa shape index (κ3) is 2.51. The first-order valence-electron chi connectivity index (χ1n) is 5.22. The number of aromatic amines is 1. The van der Waals surface area contributed by atoms with E-state index in [9.17, 15) is 0 Å². The summed E-state index contributed by atoms with van der Waals surface area (Å²) in [6, 6.07) is 5.41. The molecule has 2 aromatic heterocycles. The zero-order chi connectivity index (χ0) is 13.4. The molecule has 0 saturated heterocycles. The Bertz CT molecular complexity index is 758. The minimum Gasteiger partial charge on any atom is -0.340 e. The van der Waals surface area contributed by atoms with E-state index in [0.29, 0.717) is 22.0 Å². The Morgan fingerprint density at radius 1 is 1.21 bits per heavy atom. The Kier molecular flexibility index (Phi) is 3.30. The second-order valence-corrected chi connectivity index (χ2v) is 5.32. The van der Waals surface area contributed by atoms with Crippen molar-refractivity contribution in [3.05, 3.63) is 39.3 Å². The number of imidazole rings is 1. The summed E-state index contributed by atoms with van der Waals surface area (Å²) in [5.41, 5.74) is 1.95. The molecule has 0 fully saturated rings. The maximum absolute atomic E-state index is 5.97. The second-order valence-electron chi connectivity index (χ2n) is 3.69. The zero-order valence-electron chi connectivity index (χ0n) is 9.28. The van der Waals surface area contributed by atoms with Gasteiger partial charge in [-0.3, -0.25) is 0 Å². The lowest BCUT2D eigenvalue weighted by Crippen LogP contribution is -1.97. The average Bonchev–Trinajstić information content (AvgIpc) is 2.82. The minimum absolute atomic E-state index is 0.125. The molecule has 2 heterocycles. The molecule has 19 heavy (non-hydrogen) atoms. The number of fused-ring (bicyclic) bond motifs is 1. The van der Waals surface area contributed by atoms with E-state index in [1.54, 1.807) is 12.1 Å². The first-order chi connectivity index (χ1) is 9.13. The molecular weight excluding hydrogens is 353 g/mol. The van der Waals surface area contributed by atoms with Gasteiger partial charge in [0.15, 0.2) is 11.5 Å². The normalized spacial score (nSPS) is 10.9. The number of hydrogen-bond acceptors (Lipinski definition) is 4. The van der Waals surface area contributed by atoms with Crippen LogP contribution >= 0.6 is 39.1 Å². The van der Waals surface area contributed by atoms with Crippen molar-refractivity contribution < 1.29 is 0 Å². The molecule has 0 amide bonds. The van der Waals surface area contributed by atoms with Crippen LogP contribution in [-0.2, 0) is 0 Å². The lowest BCUT2D eigenvalue weighted by Gasteiger charge is -2.09. The van der Waals surface area contributed by atoms with Crippen molar-refractivity contribution >= 4 is 61.8 Å². The summed E-state index contributed by atoms with van der Waals surface area (Å²) >= 11 is 15.3. The van der Waals surface area contributed by atoms with Crippen LogP contribution in [0.5, 0.6) is 0 Å². The predicted octanol–water partition coefficient (Wildman–Crippen LogP) is 4.17. The highest BCUT2D eigenvalue weighted by molar-refractivity contribution is 9.10. The SMILES string of the molecule is Clc1ccc(Br)c(Nc2nc(Cl)nc3nc[nH]c23)c1. The Morgan fingerprint density at radius 2 is 2.05 bits per heavy atom. The molecule has 0 aliphatic carbocycles. The van der Waals surface area contributed by atoms with E-state index in [4.69, 9.17) is 23.2 Å². The van der Waals surface area contributed by atoms with Crippen molar-refractivity contribution in [2.45, 2.75) is 0 Å². The van der Waals surface area contributed by atoms with Crippen molar-refractivity contribution in [1.29, 1.82) is 0 Å². The number of anilines is 2. The van der Waals surface area contributed by atoms with Gasteiger partial charge in [-0.05, 0) is 45.7 Å². The number of nitrogens with one attached hydrogen (secondary N) is 2. The van der Waals surface area contributed by atoms with Gasteiger partial charge < -0.3 is 10.3 Å². The Labute approximate surface area is 126 Å². The Hall–Kier alpha value is -1.37. The van der Waals surface area contributed by atoms with Crippen LogP contribution in [0, 0.1) is 0 Å². The highest BCUT2D eigenvalue weighted by atomic mass is 79.9. The van der Waals surface area contributed by atoms with Crippen LogP contribution in [0.15, 0.2) is 29.0 Å². The Morgan fingerprint density at radius 3 is 2.89 bits per heavy atom. The van der Waals surface area contributed by atoms with E-state index in [0.717, 1.165) is 10.2 Å². The highest BCUT2D eigenvalue weighted by Crippen LogP contribution is 2.30. The number of benzene rings is 1. The van der Waals surface area contributed by atoms with Crippen LogP contribution in [0.2, 0.25) is 10.3 Å². The largest absolute Gasteiger partial charge is 0.340 e. The molecule has 0 bridgehead atoms. The van der Waals surface area contributed by atoms with Crippen LogP contribution in [-0.4, -0.2) is 19.9 Å². The Balaban J connectivity index is 2.10. The van der Waals surface area contributed by atoms with E-state index in [-0.39, 0.29) is 5.28 Å². The monoisotopic (exact) mass is 357 g/mol. The van der Waals surface area contributed by atoms with Crippen molar-refractivity contribution in [2.24, 2.45) is 0 Å². The van der Waals surface area contributed by atoms with Crippen LogP contribution in [0.3, 0.4) is 0 Å². The maximum atomic E-state index is 5.97. The van der Waals surface area contributed by atoms with Crippen molar-refractivity contribution in [1.82, 2.24) is 19.9 Å². The van der Waals surface area contributed by atoms with Gasteiger partial charge in [-0.25, -0.2) is 4.98 Å². The molecule has 0 radical (unpaired) electrons. The van der Waals surface area contributed by atoms with Crippen molar-refractivity contribution in [3.63, 3.8) is 0 Å². The molecule has 8 heteroatoms. The van der Waals surface area contributed by atoms with Crippen molar-refractivity contribution in [3.8, 4) is 0 Å². The van der Waals surface area contributed by atoms with Gasteiger partial charge in [0.2, 0.25) is 5.28 Å². The fourth-order valence-corrected chi connectivity index (χ4v) is 2.30. The molecule has 3 aromatic rings. The molecule has 0 saturated carbocycles. The van der Waals surface area contributed by atoms with Gasteiger partial charge in [0.1, 0.15) is 5.52 Å². The molecule has 0 aliphatic heterocycles. The molecule has 3 rings (SSSR count). The van der Waals surface area contributed by atoms with Crippen LogP contribution in [0.25, 0.3) is 11.2 Å². The van der Waals surface area contributed by atoms with Crippen molar-refractivity contribution in [2.75, 3.05) is 5.32 Å². The van der Waals surface area contributed by atoms with E-state index < -0.39 is 0 Å². The molecule has 96 valence electrons. The molecule has 0 spiro atoms. The van der Waals surface area contributed by atoms with Crippen LogP contribution in [0.4, 0.5) is 11.5 Å². The summed E-state index contributed by atoms with van der Waals surface area (Å²) in [6.07, 6.45) is 1.54. The first kappa shape index (κ1) is 12.7. The maximum Gasteiger partial charge on any atom is 0.226 e. The molecule has 0 atom stereocenters. The molecule has 1 aromatic carbocycles. The summed E-state index contributed by atoms with van der Waals surface area (Å²) in [6.45, 7) is 0. The second kappa shape index (κ2) is 4.96. The van der Waals surface area contributed by atoms with Gasteiger partial charge in [-0.2, -0.15) is 9.97 Å². The quantitative estimate of drug-likeness (QED) is 0.675. The number of aromatic nitrogens is 4. The highest BCUT2D eigenvalue weighted by Gasteiger charge is 2.10. The molecule has 0 aliphatic rings. The summed E-state index contributed by atoms with van der Waals surface area (Å²) in [5.74, 6) is 0.537. The number of hydrogen-bond donors (Lipinski definition) is 2. The predicted molar refractivity (Wildman–Crippen MR) is 79.1 cm³/mol. The van der Waals surface area contributed by atoms with Gasteiger partial charge >= 0.3 is 0 Å². The molecule has 5 nitrogen and oxygen atoms in total. The van der Waals surface area contributed by atoms with Gasteiger partial charge in [0, 0.05) is 9.50 Å². The van der Waals surface area contributed by atoms with Crippen LogP contribution in [0.1, 0.15) is 0 Å². The van der Waals surface area contributed by atoms with Crippen LogP contribution < -0.4 is 5.32 Å². The third-order valence-corrected chi connectivity index (χ3v) is 3.54. The number of halogens is 3. The van der Waals surface area contributed by atoms with E-state index in [1.165, 1.54) is 6.33 Å². The topological polar surface area (TPSA) is 66.5 Å². The minimum atomic E-state index is 0.125. The van der Waals surface area contributed by atoms with E-state index in [2.05, 4.69) is 41.2 Å². The summed E-state index contributed by atoms with van der Waals surface area (Å²) < 4.78 is 0.860. The summed E-state index contributed by atoms with van der Waals surface area (Å²) in [4.78, 5) is 15.2. The molecular formula is C11H6BrCl2N5. The fourth-order valence-electron chi connectivity index (χ4n) is 1.62. The zero-order valence-corrected chi connectivity index (χ0v) is 12.4. The lowest BCUT2D eigenvalue weighted by atomic mass is 10.3. The number of nitrogens with zero attached hydrogens (tertiary/aromatic N) is 3. The smallest absolute Gasteiger partial charge is 0.226 e. The van der Waals surface area contributed by atoms with Gasteiger partial charge in [0.05, 0.1) is 12.0 Å². The van der Waals surface area contributed by atoms with E-state index >= 15 is 0 Å². The van der Waals surface area contributed by atoms with Gasteiger partial charge in [-0.1, -0.05) is 11.6 Å². The number of H-pyrrole nitrogens is 1. The molecule has 0 unspecified atom stereocenters. The van der Waals surface area contributed by atoms with E-state index in [1.807, 2.05) is 6.07 Å². The van der Waals surface area contributed by atoms with Gasteiger partial charge in [0.25, 0.3) is 0 Å². The average molecular weight is 359 g/mol. The third-order valence-electron chi connectivity index (χ3n) is 2.44. The standard InChI is InChI=1S/C11H6BrCl2N5/c12-6-2-1-5(13)3-7(6)17-10-8-9(16-4-15-8)18-11(14)19-10/h1-4H,(H2,15,16,17,18,19). The fraction of sp³-hybridized carbons (Fsp3) is 0. The lowest BCUT2D eigenvalue weighted by molar-refractivity contribution is 1.20. The summed E-state index contributed by atoms with van der Waals surface area (Å²) in [5, 5.41) is 3.89. The number of rotatable bonds is 2. The molecule has 2 N–H and O–H groups in total. The summed E-state index contributed by atoms with van der Waals surface area (Å²) in [7, 11) is 0. The first-order valence-corrected chi connectivity index (χ1v) is 6.77. The van der Waals surface area contributed by atoms with Gasteiger partial charge in [-0.15, -0.1) is 0 Å².